The molecular formula is C20H27N5O. The van der Waals surface area contributed by atoms with Gasteiger partial charge >= 0.3 is 0 Å². The van der Waals surface area contributed by atoms with Crippen molar-refractivity contribution in [1.82, 2.24) is 24.8 Å². The number of carbonyl (C=O) groups is 1. The Labute approximate surface area is 154 Å². The van der Waals surface area contributed by atoms with Crippen LogP contribution in [0, 0.1) is 12.8 Å². The van der Waals surface area contributed by atoms with Crippen LogP contribution in [0.5, 0.6) is 0 Å². The van der Waals surface area contributed by atoms with E-state index < -0.39 is 0 Å². The Morgan fingerprint density at radius 3 is 3.04 bits per heavy atom. The van der Waals surface area contributed by atoms with Crippen molar-refractivity contribution in [1.29, 1.82) is 0 Å². The molecule has 138 valence electrons. The molecule has 0 aromatic carbocycles. The fourth-order valence-electron chi connectivity index (χ4n) is 4.44. The quantitative estimate of drug-likeness (QED) is 0.895. The summed E-state index contributed by atoms with van der Waals surface area (Å²) in [5.74, 6) is 0.896. The molecule has 2 aliphatic rings. The monoisotopic (exact) mass is 353 g/mol. The molecule has 2 aliphatic heterocycles. The van der Waals surface area contributed by atoms with Crippen molar-refractivity contribution in [2.75, 3.05) is 19.6 Å². The second kappa shape index (κ2) is 7.58. The molecule has 0 unspecified atom stereocenters. The van der Waals surface area contributed by atoms with Gasteiger partial charge in [-0.2, -0.15) is 0 Å². The number of aromatic nitrogens is 3. The number of piperidine rings is 2. The number of hydrogen-bond acceptors (Lipinski definition) is 4. The first kappa shape index (κ1) is 17.2. The molecule has 6 nitrogen and oxygen atoms in total. The van der Waals surface area contributed by atoms with E-state index in [1.165, 1.54) is 0 Å². The van der Waals surface area contributed by atoms with E-state index in [0.29, 0.717) is 24.3 Å². The summed E-state index contributed by atoms with van der Waals surface area (Å²) in [6, 6.07) is 6.63. The van der Waals surface area contributed by atoms with Crippen LogP contribution in [0.4, 0.5) is 0 Å². The third-order valence-corrected chi connectivity index (χ3v) is 5.74. The highest BCUT2D eigenvalue weighted by Crippen LogP contribution is 2.31. The molecule has 0 saturated carbocycles. The molecule has 0 radical (unpaired) electrons. The van der Waals surface area contributed by atoms with E-state index in [2.05, 4.69) is 36.9 Å². The van der Waals surface area contributed by atoms with Crippen molar-refractivity contribution >= 4 is 5.91 Å². The topological polar surface area (TPSA) is 65.1 Å². The fraction of sp³-hybridized carbons (Fsp3) is 0.550. The fourth-order valence-corrected chi connectivity index (χ4v) is 4.44. The van der Waals surface area contributed by atoms with Gasteiger partial charge in [0.05, 0.1) is 12.0 Å². The summed E-state index contributed by atoms with van der Waals surface area (Å²) in [6.45, 7) is 5.84. The Morgan fingerprint density at radius 2 is 2.23 bits per heavy atom. The van der Waals surface area contributed by atoms with Gasteiger partial charge in [-0.25, -0.2) is 4.98 Å². The molecule has 2 aromatic rings. The molecule has 1 N–H and O–H groups in total. The van der Waals surface area contributed by atoms with E-state index in [-0.39, 0.29) is 0 Å². The van der Waals surface area contributed by atoms with Crippen LogP contribution < -0.4 is 0 Å². The van der Waals surface area contributed by atoms with Crippen molar-refractivity contribution < 1.29 is 4.79 Å². The molecule has 2 aromatic heterocycles. The lowest BCUT2D eigenvalue weighted by molar-refractivity contribution is -0.141. The average Bonchev–Trinajstić information content (AvgIpc) is 3.14. The predicted molar refractivity (Wildman–Crippen MR) is 99.4 cm³/mol. The lowest BCUT2D eigenvalue weighted by Gasteiger charge is -2.47. The van der Waals surface area contributed by atoms with E-state index in [1.54, 1.807) is 6.33 Å². The van der Waals surface area contributed by atoms with Crippen LogP contribution in [0.1, 0.15) is 36.3 Å². The van der Waals surface area contributed by atoms with Gasteiger partial charge in [-0.1, -0.05) is 6.07 Å². The molecule has 26 heavy (non-hydrogen) atoms. The zero-order chi connectivity index (χ0) is 17.9. The molecule has 6 heteroatoms. The molecule has 1 amide bonds. The largest absolute Gasteiger partial charge is 0.348 e. The smallest absolute Gasteiger partial charge is 0.222 e. The summed E-state index contributed by atoms with van der Waals surface area (Å²) in [5.41, 5.74) is 3.32. The minimum absolute atomic E-state index is 0.319. The number of H-pyrrole nitrogens is 1. The first-order chi connectivity index (χ1) is 12.7. The Hall–Kier alpha value is -2.21. The molecule has 4 rings (SSSR count). The minimum atomic E-state index is 0.319. The van der Waals surface area contributed by atoms with Crippen LogP contribution in [0.25, 0.3) is 0 Å². The van der Waals surface area contributed by atoms with Gasteiger partial charge < -0.3 is 9.88 Å². The van der Waals surface area contributed by atoms with Crippen LogP contribution in [0.2, 0.25) is 0 Å². The van der Waals surface area contributed by atoms with Gasteiger partial charge in [-0.3, -0.25) is 14.7 Å². The Balaban J connectivity index is 1.37. The third-order valence-electron chi connectivity index (χ3n) is 5.74. The summed E-state index contributed by atoms with van der Waals surface area (Å²) in [6.07, 6.45) is 7.16. The highest BCUT2D eigenvalue weighted by atomic mass is 16.2. The first-order valence-corrected chi connectivity index (χ1v) is 9.60. The summed E-state index contributed by atoms with van der Waals surface area (Å²) < 4.78 is 0. The van der Waals surface area contributed by atoms with Crippen molar-refractivity contribution in [2.24, 2.45) is 5.92 Å². The van der Waals surface area contributed by atoms with Crippen molar-refractivity contribution in [3.8, 4) is 0 Å². The Bertz CT molecular complexity index is 744. The summed E-state index contributed by atoms with van der Waals surface area (Å²) >= 11 is 0. The Kier molecular flexibility index (Phi) is 5.02. The summed E-state index contributed by atoms with van der Waals surface area (Å²) in [5, 5.41) is 0. The van der Waals surface area contributed by atoms with Gasteiger partial charge in [0.25, 0.3) is 0 Å². The van der Waals surface area contributed by atoms with Gasteiger partial charge in [0.15, 0.2) is 0 Å². The van der Waals surface area contributed by atoms with Gasteiger partial charge in [0.2, 0.25) is 5.91 Å². The first-order valence-electron chi connectivity index (χ1n) is 9.60. The zero-order valence-electron chi connectivity index (χ0n) is 15.4. The normalized spacial score (nSPS) is 23.9. The number of imidazole rings is 1. The number of hydrogen-bond donors (Lipinski definition) is 1. The van der Waals surface area contributed by atoms with Crippen LogP contribution in [-0.2, 0) is 17.8 Å². The van der Waals surface area contributed by atoms with Gasteiger partial charge in [0, 0.05) is 62.6 Å². The standard InChI is InChI=1S/C20H27N5O/c1-15-3-2-4-18(23-15)13-24-9-8-19-16(12-24)5-6-20(26)25(19)10-7-17-11-21-14-22-17/h2-4,11,14,16,19H,5-10,12-13H2,1H3,(H,21,22)/t16-,19+/m0/s1. The molecule has 0 bridgehead atoms. The third kappa shape index (κ3) is 3.80. The lowest BCUT2D eigenvalue weighted by atomic mass is 9.83. The molecule has 2 fully saturated rings. The second-order valence-corrected chi connectivity index (χ2v) is 7.57. The van der Waals surface area contributed by atoms with E-state index >= 15 is 0 Å². The van der Waals surface area contributed by atoms with E-state index in [1.807, 2.05) is 19.2 Å². The van der Waals surface area contributed by atoms with E-state index in [4.69, 9.17) is 0 Å². The number of aryl methyl sites for hydroxylation is 1. The molecule has 0 spiro atoms. The van der Waals surface area contributed by atoms with E-state index in [9.17, 15) is 4.79 Å². The van der Waals surface area contributed by atoms with Crippen LogP contribution in [-0.4, -0.2) is 56.3 Å². The highest BCUT2D eigenvalue weighted by Gasteiger charge is 2.39. The van der Waals surface area contributed by atoms with Gasteiger partial charge in [0.1, 0.15) is 0 Å². The lowest BCUT2D eigenvalue weighted by Crippen LogP contribution is -2.56. The number of aromatic amines is 1. The number of pyridine rings is 1. The van der Waals surface area contributed by atoms with Crippen molar-refractivity contribution in [3.63, 3.8) is 0 Å². The molecular weight excluding hydrogens is 326 g/mol. The maximum Gasteiger partial charge on any atom is 0.222 e. The molecule has 2 atom stereocenters. The number of nitrogens with one attached hydrogen (secondary N) is 1. The number of nitrogens with zero attached hydrogens (tertiary/aromatic N) is 4. The summed E-state index contributed by atoms with van der Waals surface area (Å²) in [4.78, 5) is 29.0. The van der Waals surface area contributed by atoms with Crippen molar-refractivity contribution in [2.45, 2.75) is 45.2 Å². The van der Waals surface area contributed by atoms with Gasteiger partial charge in [-0.15, -0.1) is 0 Å². The minimum Gasteiger partial charge on any atom is -0.348 e. The summed E-state index contributed by atoms with van der Waals surface area (Å²) in [7, 11) is 0. The SMILES string of the molecule is Cc1cccc(CN2CC[C@@H]3[C@@H](CCC(=O)N3CCc3cnc[nH]3)C2)n1. The van der Waals surface area contributed by atoms with Crippen molar-refractivity contribution in [3.05, 3.63) is 47.8 Å². The molecule has 0 aliphatic carbocycles. The number of carbonyl (C=O) groups excluding carboxylic acids is 1. The number of rotatable bonds is 5. The number of amides is 1. The molecule has 2 saturated heterocycles. The number of fused-ring (bicyclic) bond motifs is 1. The zero-order valence-corrected chi connectivity index (χ0v) is 15.4. The van der Waals surface area contributed by atoms with Gasteiger partial charge in [-0.05, 0) is 37.8 Å². The Morgan fingerprint density at radius 1 is 1.31 bits per heavy atom. The number of likely N-dealkylation sites (tertiary alicyclic amines) is 2. The second-order valence-electron chi connectivity index (χ2n) is 7.57. The average molecular weight is 353 g/mol. The maximum atomic E-state index is 12.5. The van der Waals surface area contributed by atoms with Crippen LogP contribution >= 0.6 is 0 Å². The maximum absolute atomic E-state index is 12.5. The van der Waals surface area contributed by atoms with Crippen LogP contribution in [0.15, 0.2) is 30.7 Å². The van der Waals surface area contributed by atoms with E-state index in [0.717, 1.165) is 62.5 Å². The highest BCUT2D eigenvalue weighted by molar-refractivity contribution is 5.77. The predicted octanol–water partition coefficient (Wildman–Crippen LogP) is 2.17. The molecule has 4 heterocycles. The van der Waals surface area contributed by atoms with Crippen LogP contribution in [0.3, 0.4) is 0 Å².